The van der Waals surface area contributed by atoms with Crippen molar-refractivity contribution in [3.63, 3.8) is 0 Å². The highest BCUT2D eigenvalue weighted by Gasteiger charge is 2.25. The summed E-state index contributed by atoms with van der Waals surface area (Å²) in [5, 5.41) is 3.71. The highest BCUT2D eigenvalue weighted by molar-refractivity contribution is 5.37. The summed E-state index contributed by atoms with van der Waals surface area (Å²) in [6.07, 6.45) is 5.07. The zero-order chi connectivity index (χ0) is 13.4. The Hall–Kier alpha value is -1.60. The van der Waals surface area contributed by atoms with Crippen LogP contribution in [0.2, 0.25) is 0 Å². The molecule has 0 spiro atoms. The summed E-state index contributed by atoms with van der Waals surface area (Å²) >= 11 is 0. The van der Waals surface area contributed by atoms with E-state index in [2.05, 4.69) is 53.8 Å². The summed E-state index contributed by atoms with van der Waals surface area (Å²) in [5.74, 6) is 0.863. The fourth-order valence-electron chi connectivity index (χ4n) is 3.32. The molecular formula is C19H21N. The van der Waals surface area contributed by atoms with Crippen LogP contribution in [0.5, 0.6) is 0 Å². The van der Waals surface area contributed by atoms with Gasteiger partial charge < -0.3 is 5.32 Å². The molecule has 0 bridgehead atoms. The monoisotopic (exact) mass is 263 g/mol. The fourth-order valence-corrected chi connectivity index (χ4v) is 3.32. The van der Waals surface area contributed by atoms with Gasteiger partial charge in [0.05, 0.1) is 0 Å². The first kappa shape index (κ1) is 12.2. The molecule has 1 fully saturated rings. The average molecular weight is 263 g/mol. The van der Waals surface area contributed by atoms with Gasteiger partial charge in [0.2, 0.25) is 0 Å². The fraction of sp³-hybridized carbons (Fsp3) is 0.368. The van der Waals surface area contributed by atoms with Crippen LogP contribution in [0.15, 0.2) is 48.5 Å². The average Bonchev–Trinajstić information content (AvgIpc) is 3.32. The minimum atomic E-state index is 0.580. The third-order valence-electron chi connectivity index (χ3n) is 4.65. The van der Waals surface area contributed by atoms with E-state index in [0.717, 1.165) is 25.3 Å². The summed E-state index contributed by atoms with van der Waals surface area (Å²) in [6.45, 7) is 1.04. The largest absolute Gasteiger partial charge is 0.309 e. The van der Waals surface area contributed by atoms with E-state index in [0.29, 0.717) is 6.04 Å². The maximum Gasteiger partial charge on any atom is 0.0211 e. The molecule has 4 rings (SSSR count). The normalized spacial score (nSPS) is 21.5. The minimum absolute atomic E-state index is 0.580. The lowest BCUT2D eigenvalue weighted by Gasteiger charge is -2.27. The summed E-state index contributed by atoms with van der Waals surface area (Å²) in [4.78, 5) is 0. The predicted octanol–water partition coefficient (Wildman–Crippen LogP) is 3.82. The zero-order valence-electron chi connectivity index (χ0n) is 11.8. The molecule has 1 heteroatoms. The Morgan fingerprint density at radius 3 is 2.60 bits per heavy atom. The number of fused-ring (bicyclic) bond motifs is 1. The van der Waals surface area contributed by atoms with Gasteiger partial charge in [-0.05, 0) is 53.9 Å². The summed E-state index contributed by atoms with van der Waals surface area (Å²) in [6, 6.07) is 18.6. The van der Waals surface area contributed by atoms with E-state index in [4.69, 9.17) is 0 Å². The highest BCUT2D eigenvalue weighted by Crippen LogP contribution is 2.40. The molecule has 1 nitrogen and oxygen atoms in total. The van der Waals surface area contributed by atoms with E-state index in [9.17, 15) is 0 Å². The Bertz CT molecular complexity index is 598. The van der Waals surface area contributed by atoms with Gasteiger partial charge in [-0.1, -0.05) is 48.5 Å². The lowest BCUT2D eigenvalue weighted by atomic mass is 9.90. The molecule has 2 aromatic rings. The van der Waals surface area contributed by atoms with E-state index in [1.165, 1.54) is 24.0 Å². The number of benzene rings is 2. The first-order chi connectivity index (χ1) is 9.88. The van der Waals surface area contributed by atoms with Crippen molar-refractivity contribution in [2.45, 2.75) is 44.2 Å². The molecule has 0 radical (unpaired) electrons. The predicted molar refractivity (Wildman–Crippen MR) is 82.9 cm³/mol. The van der Waals surface area contributed by atoms with Crippen molar-refractivity contribution in [1.29, 1.82) is 0 Å². The SMILES string of the molecule is c1ccc(CC2Cc3ccc(C4CC4)cc3CN2)cc1. The molecule has 1 atom stereocenters. The molecule has 1 saturated carbocycles. The lowest BCUT2D eigenvalue weighted by Crippen LogP contribution is -2.37. The van der Waals surface area contributed by atoms with E-state index in [1.807, 2.05) is 0 Å². The van der Waals surface area contributed by atoms with Gasteiger partial charge in [0.25, 0.3) is 0 Å². The molecule has 1 heterocycles. The number of hydrogen-bond donors (Lipinski definition) is 1. The zero-order valence-corrected chi connectivity index (χ0v) is 11.8. The van der Waals surface area contributed by atoms with Gasteiger partial charge in [0, 0.05) is 12.6 Å². The molecule has 0 aromatic heterocycles. The van der Waals surface area contributed by atoms with Crippen molar-refractivity contribution in [1.82, 2.24) is 5.32 Å². The van der Waals surface area contributed by atoms with Crippen LogP contribution in [0.25, 0.3) is 0 Å². The molecule has 20 heavy (non-hydrogen) atoms. The van der Waals surface area contributed by atoms with E-state index in [-0.39, 0.29) is 0 Å². The molecule has 2 aliphatic rings. The molecule has 0 amide bonds. The molecule has 1 aliphatic carbocycles. The highest BCUT2D eigenvalue weighted by atomic mass is 14.9. The van der Waals surface area contributed by atoms with Crippen LogP contribution in [0.1, 0.15) is 41.0 Å². The first-order valence-corrected chi connectivity index (χ1v) is 7.77. The van der Waals surface area contributed by atoms with Gasteiger partial charge in [0.1, 0.15) is 0 Å². The summed E-state index contributed by atoms with van der Waals surface area (Å²) in [5.41, 5.74) is 6.07. The Labute approximate surface area is 121 Å². The van der Waals surface area contributed by atoms with Crippen LogP contribution in [-0.2, 0) is 19.4 Å². The number of rotatable bonds is 3. The van der Waals surface area contributed by atoms with Crippen molar-refractivity contribution < 1.29 is 0 Å². The van der Waals surface area contributed by atoms with Crippen molar-refractivity contribution in [3.05, 3.63) is 70.8 Å². The second-order valence-electron chi connectivity index (χ2n) is 6.27. The van der Waals surface area contributed by atoms with Gasteiger partial charge in [-0.3, -0.25) is 0 Å². The Morgan fingerprint density at radius 2 is 1.80 bits per heavy atom. The Morgan fingerprint density at radius 1 is 0.950 bits per heavy atom. The van der Waals surface area contributed by atoms with Crippen LogP contribution in [0.4, 0.5) is 0 Å². The van der Waals surface area contributed by atoms with E-state index < -0.39 is 0 Å². The van der Waals surface area contributed by atoms with Crippen LogP contribution in [0, 0.1) is 0 Å². The molecule has 2 aromatic carbocycles. The van der Waals surface area contributed by atoms with Crippen molar-refractivity contribution >= 4 is 0 Å². The second kappa shape index (κ2) is 5.06. The van der Waals surface area contributed by atoms with Gasteiger partial charge in [0.15, 0.2) is 0 Å². The van der Waals surface area contributed by atoms with Crippen LogP contribution in [0.3, 0.4) is 0 Å². The number of hydrogen-bond acceptors (Lipinski definition) is 1. The van der Waals surface area contributed by atoms with E-state index in [1.54, 1.807) is 11.1 Å². The maximum atomic E-state index is 3.71. The van der Waals surface area contributed by atoms with Gasteiger partial charge in [-0.2, -0.15) is 0 Å². The van der Waals surface area contributed by atoms with E-state index >= 15 is 0 Å². The number of nitrogens with one attached hydrogen (secondary N) is 1. The van der Waals surface area contributed by atoms with Crippen LogP contribution in [-0.4, -0.2) is 6.04 Å². The molecular weight excluding hydrogens is 242 g/mol. The van der Waals surface area contributed by atoms with Gasteiger partial charge in [-0.15, -0.1) is 0 Å². The molecule has 0 saturated heterocycles. The van der Waals surface area contributed by atoms with Gasteiger partial charge in [-0.25, -0.2) is 0 Å². The minimum Gasteiger partial charge on any atom is -0.309 e. The third-order valence-corrected chi connectivity index (χ3v) is 4.65. The smallest absolute Gasteiger partial charge is 0.0211 e. The van der Waals surface area contributed by atoms with Crippen molar-refractivity contribution in [2.24, 2.45) is 0 Å². The lowest BCUT2D eigenvalue weighted by molar-refractivity contribution is 0.477. The van der Waals surface area contributed by atoms with Crippen LogP contribution < -0.4 is 5.32 Å². The van der Waals surface area contributed by atoms with Crippen LogP contribution >= 0.6 is 0 Å². The molecule has 1 aliphatic heterocycles. The van der Waals surface area contributed by atoms with Crippen molar-refractivity contribution in [2.75, 3.05) is 0 Å². The quantitative estimate of drug-likeness (QED) is 0.887. The Kier molecular flexibility index (Phi) is 3.08. The van der Waals surface area contributed by atoms with Crippen molar-refractivity contribution in [3.8, 4) is 0 Å². The first-order valence-electron chi connectivity index (χ1n) is 7.77. The maximum absolute atomic E-state index is 3.71. The Balaban J connectivity index is 1.49. The standard InChI is InChI=1S/C19H21N/c1-2-4-14(5-3-1)10-19-12-17-9-8-16(15-6-7-15)11-18(17)13-20-19/h1-5,8-9,11,15,19-20H,6-7,10,12-13H2. The summed E-state index contributed by atoms with van der Waals surface area (Å²) < 4.78 is 0. The third kappa shape index (κ3) is 2.51. The second-order valence-corrected chi connectivity index (χ2v) is 6.27. The topological polar surface area (TPSA) is 12.0 Å². The van der Waals surface area contributed by atoms with Gasteiger partial charge >= 0.3 is 0 Å². The molecule has 1 N–H and O–H groups in total. The summed E-state index contributed by atoms with van der Waals surface area (Å²) in [7, 11) is 0. The molecule has 102 valence electrons. The molecule has 1 unspecified atom stereocenters.